The first-order valence-corrected chi connectivity index (χ1v) is 5.83. The zero-order valence-corrected chi connectivity index (χ0v) is 10.2. The summed E-state index contributed by atoms with van der Waals surface area (Å²) in [4.78, 5) is 16.7. The Hall–Kier alpha value is -1.42. The second-order valence-electron chi connectivity index (χ2n) is 3.81. The summed E-state index contributed by atoms with van der Waals surface area (Å²) in [6, 6.07) is 8.58. The number of benzene rings is 1. The molecule has 0 fully saturated rings. The van der Waals surface area contributed by atoms with E-state index in [4.69, 9.17) is 4.84 Å². The van der Waals surface area contributed by atoms with Gasteiger partial charge in [0.05, 0.1) is 5.56 Å². The van der Waals surface area contributed by atoms with Crippen LogP contribution in [0.5, 0.6) is 0 Å². The maximum absolute atomic E-state index is 13.2. The Kier molecular flexibility index (Phi) is 5.63. The highest BCUT2D eigenvalue weighted by Crippen LogP contribution is 2.08. The molecular formula is C13H18FNO2. The second kappa shape index (κ2) is 7.01. The van der Waals surface area contributed by atoms with Gasteiger partial charge in [0.1, 0.15) is 0 Å². The van der Waals surface area contributed by atoms with E-state index in [1.807, 2.05) is 13.0 Å². The number of hydrogen-bond acceptors (Lipinski definition) is 3. The molecule has 3 nitrogen and oxygen atoms in total. The average molecular weight is 239 g/mol. The Labute approximate surface area is 101 Å². The van der Waals surface area contributed by atoms with Crippen LogP contribution in [0.1, 0.15) is 37.0 Å². The van der Waals surface area contributed by atoms with Crippen LogP contribution in [0, 0.1) is 0 Å². The van der Waals surface area contributed by atoms with Crippen molar-refractivity contribution in [3.05, 3.63) is 35.9 Å². The molecule has 0 radical (unpaired) electrons. The number of hydroxylamine groups is 2. The number of hydrogen-bond donors (Lipinski definition) is 0. The van der Waals surface area contributed by atoms with E-state index >= 15 is 0 Å². The van der Waals surface area contributed by atoms with Crippen molar-refractivity contribution in [1.82, 2.24) is 5.06 Å². The van der Waals surface area contributed by atoms with E-state index in [-0.39, 0.29) is 0 Å². The smallest absolute Gasteiger partial charge is 0.357 e. The summed E-state index contributed by atoms with van der Waals surface area (Å²) in [6.45, 7) is 3.76. The van der Waals surface area contributed by atoms with Gasteiger partial charge in [-0.1, -0.05) is 31.5 Å². The Morgan fingerprint density at radius 3 is 2.59 bits per heavy atom. The third-order valence-corrected chi connectivity index (χ3v) is 2.34. The first kappa shape index (κ1) is 13.6. The van der Waals surface area contributed by atoms with Crippen LogP contribution in [0.3, 0.4) is 0 Å². The van der Waals surface area contributed by atoms with Crippen molar-refractivity contribution in [2.24, 2.45) is 0 Å². The molecule has 1 unspecified atom stereocenters. The number of carbonyl (C=O) groups is 1. The van der Waals surface area contributed by atoms with Crippen molar-refractivity contribution >= 4 is 5.97 Å². The van der Waals surface area contributed by atoms with E-state index in [0.717, 1.165) is 17.9 Å². The maximum atomic E-state index is 13.2. The molecule has 1 aromatic rings. The number of halogens is 1. The minimum atomic E-state index is -1.30. The first-order chi connectivity index (χ1) is 8.15. The fraction of sp³-hybridized carbons (Fsp3) is 0.462. The van der Waals surface area contributed by atoms with Crippen molar-refractivity contribution in [3.8, 4) is 0 Å². The molecule has 94 valence electrons. The molecule has 1 aromatic carbocycles. The number of carbonyl (C=O) groups excluding carboxylic acids is 1. The van der Waals surface area contributed by atoms with Crippen LogP contribution in [-0.4, -0.2) is 23.9 Å². The predicted molar refractivity (Wildman–Crippen MR) is 64.0 cm³/mol. The summed E-state index contributed by atoms with van der Waals surface area (Å²) in [5.41, 5.74) is 0.426. The SMILES string of the molecule is CCCCN(OC(=O)c1ccccc1)C(C)F. The number of unbranched alkanes of at least 4 members (excludes halogenated alkanes) is 1. The minimum Gasteiger partial charge on any atom is -0.361 e. The van der Waals surface area contributed by atoms with E-state index in [1.165, 1.54) is 6.92 Å². The summed E-state index contributed by atoms with van der Waals surface area (Å²) in [5.74, 6) is -0.522. The normalized spacial score (nSPS) is 12.5. The van der Waals surface area contributed by atoms with Gasteiger partial charge in [-0.3, -0.25) is 0 Å². The molecule has 0 heterocycles. The molecular weight excluding hydrogens is 221 g/mol. The standard InChI is InChI=1S/C13H18FNO2/c1-3-4-10-15(11(2)14)17-13(16)12-8-6-5-7-9-12/h5-9,11H,3-4,10H2,1-2H3. The Morgan fingerprint density at radius 2 is 2.06 bits per heavy atom. The summed E-state index contributed by atoms with van der Waals surface area (Å²) in [6.07, 6.45) is 0.414. The van der Waals surface area contributed by atoms with Gasteiger partial charge in [-0.2, -0.15) is 0 Å². The van der Waals surface area contributed by atoms with Crippen LogP contribution in [0.2, 0.25) is 0 Å². The lowest BCUT2D eigenvalue weighted by atomic mass is 10.2. The predicted octanol–water partition coefficient (Wildman–Crippen LogP) is 3.18. The van der Waals surface area contributed by atoms with E-state index in [1.54, 1.807) is 24.3 Å². The summed E-state index contributed by atoms with van der Waals surface area (Å²) in [7, 11) is 0. The van der Waals surface area contributed by atoms with E-state index < -0.39 is 12.3 Å². The molecule has 0 aliphatic carbocycles. The van der Waals surface area contributed by atoms with Gasteiger partial charge in [0.2, 0.25) is 0 Å². The Balaban J connectivity index is 2.58. The zero-order chi connectivity index (χ0) is 12.7. The number of alkyl halides is 1. The van der Waals surface area contributed by atoms with Crippen LogP contribution in [-0.2, 0) is 4.84 Å². The minimum absolute atomic E-state index is 0.409. The monoisotopic (exact) mass is 239 g/mol. The fourth-order valence-corrected chi connectivity index (χ4v) is 1.34. The van der Waals surface area contributed by atoms with Gasteiger partial charge >= 0.3 is 5.97 Å². The lowest BCUT2D eigenvalue weighted by Gasteiger charge is -2.21. The number of nitrogens with zero attached hydrogens (tertiary/aromatic N) is 1. The molecule has 0 aliphatic rings. The third-order valence-electron chi connectivity index (χ3n) is 2.34. The summed E-state index contributed by atoms with van der Waals surface area (Å²) < 4.78 is 13.2. The largest absolute Gasteiger partial charge is 0.361 e. The van der Waals surface area contributed by atoms with Crippen molar-refractivity contribution in [3.63, 3.8) is 0 Å². The summed E-state index contributed by atoms with van der Waals surface area (Å²) >= 11 is 0. The van der Waals surface area contributed by atoms with Gasteiger partial charge in [-0.15, -0.1) is 5.06 Å². The molecule has 0 aromatic heterocycles. The molecule has 0 N–H and O–H groups in total. The van der Waals surface area contributed by atoms with Crippen molar-refractivity contribution in [2.45, 2.75) is 33.0 Å². The van der Waals surface area contributed by atoms with E-state index in [9.17, 15) is 9.18 Å². The molecule has 0 saturated heterocycles. The van der Waals surface area contributed by atoms with Crippen LogP contribution < -0.4 is 0 Å². The molecule has 0 spiro atoms. The molecule has 4 heteroatoms. The Bertz CT molecular complexity index is 341. The molecule has 1 rings (SSSR count). The topological polar surface area (TPSA) is 29.5 Å². The molecule has 0 aliphatic heterocycles. The van der Waals surface area contributed by atoms with Crippen molar-refractivity contribution < 1.29 is 14.0 Å². The molecule has 0 saturated carbocycles. The lowest BCUT2D eigenvalue weighted by Crippen LogP contribution is -2.33. The molecule has 0 bridgehead atoms. The number of rotatable bonds is 6. The van der Waals surface area contributed by atoms with Crippen LogP contribution in [0.4, 0.5) is 4.39 Å². The maximum Gasteiger partial charge on any atom is 0.357 e. The average Bonchev–Trinajstić information content (AvgIpc) is 2.35. The Morgan fingerprint density at radius 1 is 1.41 bits per heavy atom. The fourth-order valence-electron chi connectivity index (χ4n) is 1.34. The highest BCUT2D eigenvalue weighted by atomic mass is 19.1. The van der Waals surface area contributed by atoms with Crippen molar-refractivity contribution in [1.29, 1.82) is 0 Å². The van der Waals surface area contributed by atoms with Crippen LogP contribution in [0.15, 0.2) is 30.3 Å². The second-order valence-corrected chi connectivity index (χ2v) is 3.81. The highest BCUT2D eigenvalue weighted by Gasteiger charge is 2.18. The third kappa shape index (κ3) is 4.53. The lowest BCUT2D eigenvalue weighted by molar-refractivity contribution is -0.167. The quantitative estimate of drug-likeness (QED) is 0.564. The first-order valence-electron chi connectivity index (χ1n) is 5.83. The van der Waals surface area contributed by atoms with E-state index in [2.05, 4.69) is 0 Å². The van der Waals surface area contributed by atoms with E-state index in [0.29, 0.717) is 12.1 Å². The summed E-state index contributed by atoms with van der Waals surface area (Å²) in [5, 5.41) is 1.08. The van der Waals surface area contributed by atoms with Gasteiger partial charge in [-0.05, 0) is 25.5 Å². The van der Waals surface area contributed by atoms with Gasteiger partial charge < -0.3 is 4.84 Å². The highest BCUT2D eigenvalue weighted by molar-refractivity contribution is 5.89. The molecule has 17 heavy (non-hydrogen) atoms. The van der Waals surface area contributed by atoms with Crippen molar-refractivity contribution in [2.75, 3.05) is 6.54 Å². The van der Waals surface area contributed by atoms with Gasteiger partial charge in [0.15, 0.2) is 6.30 Å². The zero-order valence-electron chi connectivity index (χ0n) is 10.2. The molecule has 1 atom stereocenters. The van der Waals surface area contributed by atoms with Crippen LogP contribution in [0.25, 0.3) is 0 Å². The van der Waals surface area contributed by atoms with Gasteiger partial charge in [0, 0.05) is 6.54 Å². The van der Waals surface area contributed by atoms with Gasteiger partial charge in [0.25, 0.3) is 0 Å². The van der Waals surface area contributed by atoms with Gasteiger partial charge in [-0.25, -0.2) is 9.18 Å². The molecule has 0 amide bonds. The van der Waals surface area contributed by atoms with Crippen LogP contribution >= 0.6 is 0 Å².